The summed E-state index contributed by atoms with van der Waals surface area (Å²) in [6.45, 7) is 10.7. The molecule has 0 aliphatic heterocycles. The van der Waals surface area contributed by atoms with Gasteiger partial charge in [0.25, 0.3) is 5.91 Å². The van der Waals surface area contributed by atoms with Crippen LogP contribution in [0.5, 0.6) is 11.5 Å². The normalized spacial score (nSPS) is 10.9. The number of benzene rings is 2. The smallest absolute Gasteiger partial charge is 0.262 e. The van der Waals surface area contributed by atoms with Crippen LogP contribution in [0.15, 0.2) is 40.9 Å². The minimum atomic E-state index is -0.225. The minimum Gasteiger partial charge on any atom is -0.490 e. The van der Waals surface area contributed by atoms with E-state index in [1.54, 1.807) is 0 Å². The predicted molar refractivity (Wildman–Crippen MR) is 128 cm³/mol. The lowest BCUT2D eigenvalue weighted by atomic mass is 10.2. The van der Waals surface area contributed by atoms with E-state index >= 15 is 0 Å². The number of hydrogen-bond acceptors (Lipinski definition) is 5. The molecule has 31 heavy (non-hydrogen) atoms. The Balaban J connectivity index is 1.91. The first-order chi connectivity index (χ1) is 14.9. The second kappa shape index (κ2) is 13.3. The standard InChI is InChI=1S/C24H33BrN2O4/c1-5-29-22-13-19(15-26-11-6-12-30-17(2)3)21(25)14-23(22)31-16-24(28)27-20-9-7-18(4)8-10-20/h7-10,13-14,17,26H,5-6,11-12,15-16H2,1-4H3,(H,27,28). The molecule has 0 heterocycles. The van der Waals surface area contributed by atoms with E-state index in [1.807, 2.05) is 64.1 Å². The van der Waals surface area contributed by atoms with Crippen molar-refractivity contribution in [3.05, 3.63) is 52.0 Å². The molecule has 0 aromatic heterocycles. The molecule has 2 rings (SSSR count). The van der Waals surface area contributed by atoms with Gasteiger partial charge in [-0.1, -0.05) is 33.6 Å². The van der Waals surface area contributed by atoms with Crippen LogP contribution in [0.2, 0.25) is 0 Å². The number of hydrogen-bond donors (Lipinski definition) is 2. The average molecular weight is 493 g/mol. The molecule has 0 fully saturated rings. The van der Waals surface area contributed by atoms with Crippen LogP contribution >= 0.6 is 15.9 Å². The number of carbonyl (C=O) groups is 1. The van der Waals surface area contributed by atoms with Crippen LogP contribution in [-0.2, 0) is 16.1 Å². The first kappa shape index (κ1) is 25.2. The third-order valence-corrected chi connectivity index (χ3v) is 5.11. The van der Waals surface area contributed by atoms with Crippen LogP contribution in [0.4, 0.5) is 5.69 Å². The van der Waals surface area contributed by atoms with Crippen molar-refractivity contribution in [2.45, 2.75) is 46.8 Å². The van der Waals surface area contributed by atoms with Crippen LogP contribution in [0.3, 0.4) is 0 Å². The largest absolute Gasteiger partial charge is 0.490 e. The SMILES string of the molecule is CCOc1cc(CNCCCOC(C)C)c(Br)cc1OCC(=O)Nc1ccc(C)cc1. The molecule has 0 saturated carbocycles. The Morgan fingerprint density at radius 2 is 1.81 bits per heavy atom. The highest BCUT2D eigenvalue weighted by Crippen LogP contribution is 2.34. The number of ether oxygens (including phenoxy) is 3. The summed E-state index contributed by atoms with van der Waals surface area (Å²) in [5.41, 5.74) is 2.94. The van der Waals surface area contributed by atoms with Gasteiger partial charge in [-0.15, -0.1) is 0 Å². The highest BCUT2D eigenvalue weighted by atomic mass is 79.9. The van der Waals surface area contributed by atoms with Gasteiger partial charge < -0.3 is 24.8 Å². The summed E-state index contributed by atoms with van der Waals surface area (Å²) < 4.78 is 18.0. The molecule has 2 N–H and O–H groups in total. The van der Waals surface area contributed by atoms with E-state index in [1.165, 1.54) is 0 Å². The van der Waals surface area contributed by atoms with Crippen molar-refractivity contribution < 1.29 is 19.0 Å². The average Bonchev–Trinajstić information content (AvgIpc) is 2.73. The van der Waals surface area contributed by atoms with Crippen molar-refractivity contribution >= 4 is 27.5 Å². The second-order valence-corrected chi connectivity index (χ2v) is 8.33. The molecule has 0 spiro atoms. The number of carbonyl (C=O) groups excluding carboxylic acids is 1. The molecule has 2 aromatic rings. The first-order valence-corrected chi connectivity index (χ1v) is 11.4. The predicted octanol–water partition coefficient (Wildman–Crippen LogP) is 5.08. The summed E-state index contributed by atoms with van der Waals surface area (Å²) >= 11 is 3.60. The zero-order valence-corrected chi connectivity index (χ0v) is 20.4. The van der Waals surface area contributed by atoms with Crippen molar-refractivity contribution in [2.24, 2.45) is 0 Å². The Morgan fingerprint density at radius 3 is 2.48 bits per heavy atom. The van der Waals surface area contributed by atoms with Crippen LogP contribution in [0.1, 0.15) is 38.3 Å². The lowest BCUT2D eigenvalue weighted by molar-refractivity contribution is -0.118. The van der Waals surface area contributed by atoms with Crippen LogP contribution < -0.4 is 20.1 Å². The Kier molecular flexibility index (Phi) is 10.8. The van der Waals surface area contributed by atoms with Gasteiger partial charge in [-0.3, -0.25) is 4.79 Å². The van der Waals surface area contributed by atoms with Gasteiger partial charge in [0.2, 0.25) is 0 Å². The number of amides is 1. The molecule has 0 unspecified atom stereocenters. The minimum absolute atomic E-state index is 0.103. The van der Waals surface area contributed by atoms with E-state index in [4.69, 9.17) is 14.2 Å². The van der Waals surface area contributed by atoms with Crippen molar-refractivity contribution in [3.63, 3.8) is 0 Å². The number of anilines is 1. The maximum absolute atomic E-state index is 12.3. The second-order valence-electron chi connectivity index (χ2n) is 7.48. The van der Waals surface area contributed by atoms with Crippen molar-refractivity contribution in [1.29, 1.82) is 0 Å². The molecule has 0 aliphatic rings. The third kappa shape index (κ3) is 9.29. The fourth-order valence-corrected chi connectivity index (χ4v) is 3.27. The summed E-state index contributed by atoms with van der Waals surface area (Å²) in [7, 11) is 0. The molecule has 0 atom stereocenters. The van der Waals surface area contributed by atoms with Gasteiger partial charge in [-0.05, 0) is 70.5 Å². The molecular weight excluding hydrogens is 460 g/mol. The summed E-state index contributed by atoms with van der Waals surface area (Å²) in [5.74, 6) is 0.924. The van der Waals surface area contributed by atoms with Gasteiger partial charge in [-0.25, -0.2) is 0 Å². The number of rotatable bonds is 13. The quantitative estimate of drug-likeness (QED) is 0.381. The lowest BCUT2D eigenvalue weighted by Gasteiger charge is -2.15. The summed E-state index contributed by atoms with van der Waals surface area (Å²) in [6.07, 6.45) is 1.21. The Morgan fingerprint density at radius 1 is 1.10 bits per heavy atom. The first-order valence-electron chi connectivity index (χ1n) is 10.7. The molecule has 6 nitrogen and oxygen atoms in total. The topological polar surface area (TPSA) is 68.8 Å². The van der Waals surface area contributed by atoms with Crippen LogP contribution in [0, 0.1) is 6.92 Å². The molecule has 0 saturated heterocycles. The molecule has 0 aliphatic carbocycles. The molecule has 0 bridgehead atoms. The highest BCUT2D eigenvalue weighted by molar-refractivity contribution is 9.10. The van der Waals surface area contributed by atoms with E-state index in [0.29, 0.717) is 24.7 Å². The van der Waals surface area contributed by atoms with E-state index < -0.39 is 0 Å². The molecule has 2 aromatic carbocycles. The molecular formula is C24H33BrN2O4. The van der Waals surface area contributed by atoms with E-state index in [0.717, 1.165) is 40.9 Å². The molecule has 1 amide bonds. The van der Waals surface area contributed by atoms with Gasteiger partial charge in [0, 0.05) is 23.3 Å². The zero-order chi connectivity index (χ0) is 22.6. The molecule has 0 radical (unpaired) electrons. The Bertz CT molecular complexity index is 825. The van der Waals surface area contributed by atoms with Crippen molar-refractivity contribution in [1.82, 2.24) is 5.32 Å². The van der Waals surface area contributed by atoms with Gasteiger partial charge in [-0.2, -0.15) is 0 Å². The van der Waals surface area contributed by atoms with Crippen molar-refractivity contribution in [2.75, 3.05) is 31.7 Å². The van der Waals surface area contributed by atoms with Gasteiger partial charge in [0.05, 0.1) is 12.7 Å². The summed E-state index contributed by atoms with van der Waals surface area (Å²) in [5, 5.41) is 6.25. The van der Waals surface area contributed by atoms with E-state index in [2.05, 4.69) is 26.6 Å². The molecule has 7 heteroatoms. The number of nitrogens with one attached hydrogen (secondary N) is 2. The van der Waals surface area contributed by atoms with Gasteiger partial charge in [0.1, 0.15) is 0 Å². The van der Waals surface area contributed by atoms with Crippen LogP contribution in [-0.4, -0.2) is 38.4 Å². The van der Waals surface area contributed by atoms with Gasteiger partial charge >= 0.3 is 0 Å². The summed E-state index contributed by atoms with van der Waals surface area (Å²) in [4.78, 5) is 12.3. The lowest BCUT2D eigenvalue weighted by Crippen LogP contribution is -2.20. The fourth-order valence-electron chi connectivity index (χ4n) is 2.81. The Labute approximate surface area is 193 Å². The highest BCUT2D eigenvalue weighted by Gasteiger charge is 2.13. The van der Waals surface area contributed by atoms with E-state index in [-0.39, 0.29) is 18.6 Å². The maximum Gasteiger partial charge on any atom is 0.262 e. The zero-order valence-electron chi connectivity index (χ0n) is 18.8. The Hall–Kier alpha value is -2.09. The fraction of sp³-hybridized carbons (Fsp3) is 0.458. The number of aryl methyl sites for hydroxylation is 1. The van der Waals surface area contributed by atoms with Crippen molar-refractivity contribution in [3.8, 4) is 11.5 Å². The third-order valence-electron chi connectivity index (χ3n) is 4.37. The maximum atomic E-state index is 12.3. The van der Waals surface area contributed by atoms with Gasteiger partial charge in [0.15, 0.2) is 18.1 Å². The monoisotopic (exact) mass is 492 g/mol. The summed E-state index contributed by atoms with van der Waals surface area (Å²) in [6, 6.07) is 11.4. The van der Waals surface area contributed by atoms with Crippen LogP contribution in [0.25, 0.3) is 0 Å². The molecule has 170 valence electrons. The van der Waals surface area contributed by atoms with E-state index in [9.17, 15) is 4.79 Å². The number of halogens is 1.